The molecule has 20 heavy (non-hydrogen) atoms. The molecule has 0 aliphatic heterocycles. The van der Waals surface area contributed by atoms with Crippen molar-refractivity contribution < 1.29 is 9.90 Å². The number of hydrogen-bond donors (Lipinski definition) is 2. The first-order valence-corrected chi connectivity index (χ1v) is 7.28. The zero-order valence-electron chi connectivity index (χ0n) is 11.6. The molecule has 2 N–H and O–H groups in total. The molecule has 0 bridgehead atoms. The lowest BCUT2D eigenvalue weighted by Crippen LogP contribution is -2.33. The molecule has 1 saturated carbocycles. The van der Waals surface area contributed by atoms with Crippen LogP contribution in [0.5, 0.6) is 0 Å². The van der Waals surface area contributed by atoms with Gasteiger partial charge < -0.3 is 15.3 Å². The van der Waals surface area contributed by atoms with Crippen molar-refractivity contribution in [2.75, 3.05) is 25.5 Å². The molecule has 0 radical (unpaired) electrons. The van der Waals surface area contributed by atoms with Crippen LogP contribution >= 0.6 is 11.6 Å². The van der Waals surface area contributed by atoms with E-state index in [2.05, 4.69) is 22.2 Å². The van der Waals surface area contributed by atoms with Crippen LogP contribution in [0.25, 0.3) is 0 Å². The molecule has 2 rings (SSSR count). The highest BCUT2D eigenvalue weighted by molar-refractivity contribution is 6.33. The third-order valence-electron chi connectivity index (χ3n) is 3.80. The number of halogens is 1. The van der Waals surface area contributed by atoms with E-state index in [1.807, 2.05) is 0 Å². The van der Waals surface area contributed by atoms with Gasteiger partial charge in [-0.1, -0.05) is 24.4 Å². The molecular weight excluding hydrogens is 278 g/mol. The van der Waals surface area contributed by atoms with Crippen LogP contribution in [0.3, 0.4) is 0 Å². The zero-order valence-corrected chi connectivity index (χ0v) is 12.4. The molecule has 0 saturated heterocycles. The highest BCUT2D eigenvalue weighted by Crippen LogP contribution is 2.22. The van der Waals surface area contributed by atoms with E-state index in [0.29, 0.717) is 11.9 Å². The maximum Gasteiger partial charge on any atom is 0.337 e. The lowest BCUT2D eigenvalue weighted by Gasteiger charge is -2.24. The van der Waals surface area contributed by atoms with Crippen LogP contribution in [-0.2, 0) is 0 Å². The summed E-state index contributed by atoms with van der Waals surface area (Å²) in [5, 5.41) is 12.3. The summed E-state index contributed by atoms with van der Waals surface area (Å²) in [6.45, 7) is 1.65. The van der Waals surface area contributed by atoms with Gasteiger partial charge in [0.25, 0.3) is 0 Å². The van der Waals surface area contributed by atoms with Gasteiger partial charge in [0, 0.05) is 25.3 Å². The van der Waals surface area contributed by atoms with Crippen LogP contribution in [0, 0.1) is 0 Å². The number of nitrogens with zero attached hydrogens (tertiary/aromatic N) is 2. The number of hydrogen-bond acceptors (Lipinski definition) is 4. The quantitative estimate of drug-likeness (QED) is 0.845. The van der Waals surface area contributed by atoms with E-state index in [-0.39, 0.29) is 10.6 Å². The Morgan fingerprint density at radius 2 is 2.25 bits per heavy atom. The van der Waals surface area contributed by atoms with Gasteiger partial charge in [-0.15, -0.1) is 0 Å². The first-order chi connectivity index (χ1) is 9.58. The molecule has 0 atom stereocenters. The standard InChI is InChI=1S/C14H20ClN3O2/c1-18(10-4-2-3-5-10)7-6-16-13-8-11(14(19)20)12(15)9-17-13/h8-10H,2-7H2,1H3,(H,16,17)(H,19,20). The van der Waals surface area contributed by atoms with Gasteiger partial charge in [-0.05, 0) is 26.0 Å². The van der Waals surface area contributed by atoms with Crippen LogP contribution in [-0.4, -0.2) is 47.1 Å². The van der Waals surface area contributed by atoms with Crippen LogP contribution in [0.4, 0.5) is 5.82 Å². The van der Waals surface area contributed by atoms with Gasteiger partial charge in [0.1, 0.15) is 5.82 Å². The summed E-state index contributed by atoms with van der Waals surface area (Å²) >= 11 is 5.78. The summed E-state index contributed by atoms with van der Waals surface area (Å²) in [4.78, 5) is 17.4. The average Bonchev–Trinajstić information content (AvgIpc) is 2.94. The van der Waals surface area contributed by atoms with Crippen molar-refractivity contribution in [2.24, 2.45) is 0 Å². The van der Waals surface area contributed by atoms with Crippen molar-refractivity contribution in [3.63, 3.8) is 0 Å². The van der Waals surface area contributed by atoms with Crippen molar-refractivity contribution in [1.82, 2.24) is 9.88 Å². The summed E-state index contributed by atoms with van der Waals surface area (Å²) in [6, 6.07) is 2.16. The maximum atomic E-state index is 11.0. The topological polar surface area (TPSA) is 65.5 Å². The molecule has 1 aliphatic carbocycles. The lowest BCUT2D eigenvalue weighted by molar-refractivity contribution is 0.0697. The monoisotopic (exact) mass is 297 g/mol. The summed E-state index contributed by atoms with van der Waals surface area (Å²) in [5.41, 5.74) is 0.0771. The predicted molar refractivity (Wildman–Crippen MR) is 79.6 cm³/mol. The van der Waals surface area contributed by atoms with Gasteiger partial charge in [-0.2, -0.15) is 0 Å². The smallest absolute Gasteiger partial charge is 0.337 e. The van der Waals surface area contributed by atoms with E-state index < -0.39 is 5.97 Å². The Morgan fingerprint density at radius 1 is 1.55 bits per heavy atom. The number of likely N-dealkylation sites (N-methyl/N-ethyl adjacent to an activating group) is 1. The highest BCUT2D eigenvalue weighted by atomic mass is 35.5. The van der Waals surface area contributed by atoms with Gasteiger partial charge in [-0.25, -0.2) is 9.78 Å². The molecule has 0 spiro atoms. The molecule has 0 unspecified atom stereocenters. The Balaban J connectivity index is 1.84. The number of anilines is 1. The summed E-state index contributed by atoms with van der Waals surface area (Å²) in [7, 11) is 2.13. The van der Waals surface area contributed by atoms with Crippen molar-refractivity contribution in [2.45, 2.75) is 31.7 Å². The number of aromatic carboxylic acids is 1. The van der Waals surface area contributed by atoms with Gasteiger partial charge in [0.15, 0.2) is 0 Å². The van der Waals surface area contributed by atoms with Gasteiger partial charge in [0.2, 0.25) is 0 Å². The Kier molecular flexibility index (Phi) is 5.20. The van der Waals surface area contributed by atoms with E-state index in [0.717, 1.165) is 13.1 Å². The first kappa shape index (κ1) is 15.1. The molecule has 1 aliphatic rings. The third kappa shape index (κ3) is 3.84. The average molecular weight is 298 g/mol. The fourth-order valence-corrected chi connectivity index (χ4v) is 2.77. The van der Waals surface area contributed by atoms with Crippen molar-refractivity contribution >= 4 is 23.4 Å². The summed E-state index contributed by atoms with van der Waals surface area (Å²) in [5.74, 6) is -0.491. The molecule has 0 amide bonds. The number of pyridine rings is 1. The van der Waals surface area contributed by atoms with Gasteiger partial charge in [0.05, 0.1) is 10.6 Å². The van der Waals surface area contributed by atoms with E-state index in [4.69, 9.17) is 16.7 Å². The van der Waals surface area contributed by atoms with E-state index in [9.17, 15) is 4.79 Å². The van der Waals surface area contributed by atoms with Crippen LogP contribution in [0.2, 0.25) is 5.02 Å². The molecule has 110 valence electrons. The second-order valence-corrected chi connectivity index (χ2v) is 5.61. The Morgan fingerprint density at radius 3 is 2.90 bits per heavy atom. The minimum atomic E-state index is -1.04. The fourth-order valence-electron chi connectivity index (χ4n) is 2.59. The first-order valence-electron chi connectivity index (χ1n) is 6.91. The Bertz CT molecular complexity index is 475. The predicted octanol–water partition coefficient (Wildman–Crippen LogP) is 2.72. The Labute approximate surface area is 123 Å². The van der Waals surface area contributed by atoms with Crippen molar-refractivity contribution in [3.05, 3.63) is 22.8 Å². The molecule has 1 aromatic heterocycles. The molecule has 5 nitrogen and oxygen atoms in total. The third-order valence-corrected chi connectivity index (χ3v) is 4.11. The van der Waals surface area contributed by atoms with Gasteiger partial charge in [-0.3, -0.25) is 0 Å². The van der Waals surface area contributed by atoms with Crippen LogP contribution < -0.4 is 5.32 Å². The number of aromatic nitrogens is 1. The number of carboxylic acids is 1. The number of carbonyl (C=O) groups is 1. The Hall–Kier alpha value is -1.33. The lowest BCUT2D eigenvalue weighted by atomic mass is 10.2. The molecular formula is C14H20ClN3O2. The molecule has 6 heteroatoms. The normalized spacial score (nSPS) is 15.8. The second kappa shape index (κ2) is 6.90. The van der Waals surface area contributed by atoms with E-state index >= 15 is 0 Å². The summed E-state index contributed by atoms with van der Waals surface area (Å²) in [6.07, 6.45) is 6.57. The minimum Gasteiger partial charge on any atom is -0.478 e. The van der Waals surface area contributed by atoms with E-state index in [1.165, 1.54) is 37.9 Å². The van der Waals surface area contributed by atoms with Crippen molar-refractivity contribution in [3.8, 4) is 0 Å². The fraction of sp³-hybridized carbons (Fsp3) is 0.571. The minimum absolute atomic E-state index is 0.0771. The zero-order chi connectivity index (χ0) is 14.5. The maximum absolute atomic E-state index is 11.0. The van der Waals surface area contributed by atoms with Crippen molar-refractivity contribution in [1.29, 1.82) is 0 Å². The molecule has 1 aromatic rings. The second-order valence-electron chi connectivity index (χ2n) is 5.20. The molecule has 1 heterocycles. The summed E-state index contributed by atoms with van der Waals surface area (Å²) < 4.78 is 0. The number of nitrogens with one attached hydrogen (secondary N) is 1. The van der Waals surface area contributed by atoms with Crippen LogP contribution in [0.1, 0.15) is 36.0 Å². The van der Waals surface area contributed by atoms with Gasteiger partial charge >= 0.3 is 5.97 Å². The molecule has 1 fully saturated rings. The molecule has 0 aromatic carbocycles. The van der Waals surface area contributed by atoms with E-state index in [1.54, 1.807) is 0 Å². The SMILES string of the molecule is CN(CCNc1cc(C(=O)O)c(Cl)cn1)C1CCCC1. The highest BCUT2D eigenvalue weighted by Gasteiger charge is 2.18. The number of carboxylic acid groups (broad SMARTS) is 1. The number of rotatable bonds is 6. The largest absolute Gasteiger partial charge is 0.478 e. The van der Waals surface area contributed by atoms with Crippen LogP contribution in [0.15, 0.2) is 12.3 Å².